The first kappa shape index (κ1) is 66.6. The first-order valence-electron chi connectivity index (χ1n) is 30.2. The molecule has 5 aliphatic carbocycles. The van der Waals surface area contributed by atoms with E-state index in [1.807, 2.05) is 6.92 Å². The number of aliphatic hydroxyl groups excluding tert-OH is 15. The summed E-state index contributed by atoms with van der Waals surface area (Å²) in [6.07, 6.45) is -37.5. The smallest absolute Gasteiger partial charge is 0.335 e. The first-order chi connectivity index (χ1) is 40.1. The largest absolute Gasteiger partial charge is 0.479 e. The number of aliphatic hydroxyl groups is 15. The zero-order valence-corrected chi connectivity index (χ0v) is 49.7. The molecular weight excluding hydrogens is 1140 g/mol. The van der Waals surface area contributed by atoms with Crippen molar-refractivity contribution in [3.8, 4) is 0 Å². The molecule has 0 amide bonds. The Balaban J connectivity index is 0.854. The summed E-state index contributed by atoms with van der Waals surface area (Å²) in [6, 6.07) is 0. The van der Waals surface area contributed by atoms with Crippen molar-refractivity contribution in [3.05, 3.63) is 11.6 Å². The molecule has 34 atom stereocenters. The molecule has 4 saturated carbocycles. The first-order valence-corrected chi connectivity index (χ1v) is 30.2. The van der Waals surface area contributed by atoms with Crippen LogP contribution < -0.4 is 0 Å². The molecule has 0 aromatic rings. The van der Waals surface area contributed by atoms with E-state index in [0.29, 0.717) is 38.5 Å². The van der Waals surface area contributed by atoms with Gasteiger partial charge in [0.05, 0.1) is 55.8 Å². The van der Waals surface area contributed by atoms with Crippen LogP contribution in [0.4, 0.5) is 0 Å². The van der Waals surface area contributed by atoms with Crippen LogP contribution in [-0.4, -0.2) is 273 Å². The fourth-order valence-corrected chi connectivity index (χ4v) is 17.7. The molecule has 0 radical (unpaired) electrons. The molecule has 5 saturated heterocycles. The molecule has 492 valence electrons. The number of hydrogen-bond donors (Lipinski definition) is 16. The Bertz CT molecular complexity index is 2470. The summed E-state index contributed by atoms with van der Waals surface area (Å²) in [5.74, 6) is -3.71. The average Bonchev–Trinajstić information content (AvgIpc) is 0.673. The topological polar surface area (TPSA) is 450 Å². The Labute approximate surface area is 497 Å². The summed E-state index contributed by atoms with van der Waals surface area (Å²) in [7, 11) is 0. The predicted octanol–water partition coefficient (Wildman–Crippen LogP) is -3.87. The van der Waals surface area contributed by atoms with E-state index in [9.17, 15) is 86.5 Å². The quantitative estimate of drug-likeness (QED) is 0.0505. The van der Waals surface area contributed by atoms with Crippen LogP contribution in [0.5, 0.6) is 0 Å². The third-order valence-electron chi connectivity index (χ3n) is 22.6. The molecule has 28 heteroatoms. The summed E-state index contributed by atoms with van der Waals surface area (Å²) in [4.78, 5) is 27.4. The lowest BCUT2D eigenvalue weighted by Crippen LogP contribution is -2.72. The summed E-state index contributed by atoms with van der Waals surface area (Å²) in [5, 5.41) is 177. The van der Waals surface area contributed by atoms with Crippen LogP contribution in [0, 0.1) is 50.2 Å². The molecule has 10 aliphatic rings. The minimum atomic E-state index is -1.99. The third kappa shape index (κ3) is 10.8. The van der Waals surface area contributed by atoms with Crippen LogP contribution >= 0.6 is 0 Å². The normalized spacial score (nSPS) is 55.6. The summed E-state index contributed by atoms with van der Waals surface area (Å²) < 4.78 is 58.7. The molecule has 3 unspecified atom stereocenters. The number of esters is 1. The number of carbonyl (C=O) groups is 2. The maximum atomic E-state index is 15.4. The molecule has 0 spiro atoms. The van der Waals surface area contributed by atoms with Gasteiger partial charge in [-0.3, -0.25) is 4.79 Å². The summed E-state index contributed by atoms with van der Waals surface area (Å²) in [5.41, 5.74) is -4.15. The maximum absolute atomic E-state index is 15.4. The van der Waals surface area contributed by atoms with Crippen LogP contribution in [-0.2, 0) is 57.0 Å². The number of carbonyl (C=O) groups excluding carboxylic acids is 1. The highest BCUT2D eigenvalue weighted by atomic mass is 16.8. The van der Waals surface area contributed by atoms with E-state index in [2.05, 4.69) is 33.8 Å². The van der Waals surface area contributed by atoms with Gasteiger partial charge >= 0.3 is 11.9 Å². The second-order valence-corrected chi connectivity index (χ2v) is 28.4. The van der Waals surface area contributed by atoms with Gasteiger partial charge in [0.15, 0.2) is 37.4 Å². The lowest BCUT2D eigenvalue weighted by molar-refractivity contribution is -0.377. The van der Waals surface area contributed by atoms with Gasteiger partial charge in [0, 0.05) is 11.3 Å². The van der Waals surface area contributed by atoms with E-state index < -0.39 is 230 Å². The maximum Gasteiger partial charge on any atom is 0.335 e. The molecule has 5 aliphatic heterocycles. The van der Waals surface area contributed by atoms with E-state index in [1.165, 1.54) is 13.8 Å². The average molecular weight is 1240 g/mol. The number of aliphatic carboxylic acids is 1. The Morgan fingerprint density at radius 3 is 1.77 bits per heavy atom. The van der Waals surface area contributed by atoms with Crippen molar-refractivity contribution in [2.75, 3.05) is 19.8 Å². The second-order valence-electron chi connectivity index (χ2n) is 28.4. The predicted molar refractivity (Wildman–Crippen MR) is 285 cm³/mol. The second kappa shape index (κ2) is 24.0. The Kier molecular flexibility index (Phi) is 18.6. The van der Waals surface area contributed by atoms with E-state index in [1.54, 1.807) is 6.92 Å². The Morgan fingerprint density at radius 2 is 1.12 bits per heavy atom. The van der Waals surface area contributed by atoms with Gasteiger partial charge in [-0.25, -0.2) is 4.79 Å². The van der Waals surface area contributed by atoms with Gasteiger partial charge in [-0.05, 0) is 98.7 Å². The zero-order valence-electron chi connectivity index (χ0n) is 49.7. The van der Waals surface area contributed by atoms with Gasteiger partial charge in [-0.2, -0.15) is 0 Å². The third-order valence-corrected chi connectivity index (χ3v) is 22.6. The van der Waals surface area contributed by atoms with Gasteiger partial charge < -0.3 is 129 Å². The number of carboxylic acids is 1. The van der Waals surface area contributed by atoms with Gasteiger partial charge in [0.25, 0.3) is 0 Å². The number of carboxylic acid groups (broad SMARTS) is 1. The standard InChI is InChI=1S/C58H92O28/c1-21-30(64)32(66)36(70)48(79-21)82-41-28(63)19-77-47(39(41)73)81-40-22(2)80-49(38(72)35(40)69)84-43-31(65)27(62)18-78-51(43)86-52(76)58-13-11-53(3,4)15-24(58)23-9-10-29-54(5)16-26(61)45(85-50-37(71)33(67)34(68)42(83-50)46(74)75)55(6,20-59)44(54)25(60)17-57(29,8)56(23,7)12-14-58/h9,21-22,24-45,47-51,59-73H,10-20H2,1-8H3,(H,74,75)/t21-,22-,24-,25?,26-,27-,28+,29?,30-,31-,32+,33-,34-,35-,36+,37+,38+,39+,40-,41-,42-,43+,44?,45-,47-,48-,49-,50-,51-,54+,55-,56+,57+,58-/m0/s1. The van der Waals surface area contributed by atoms with Gasteiger partial charge in [-0.15, -0.1) is 0 Å². The zero-order chi connectivity index (χ0) is 63.0. The molecule has 0 aromatic carbocycles. The Morgan fingerprint density at radius 1 is 0.547 bits per heavy atom. The van der Waals surface area contributed by atoms with Gasteiger partial charge in [0.1, 0.15) is 85.5 Å². The van der Waals surface area contributed by atoms with Crippen molar-refractivity contribution < 1.29 is 139 Å². The number of fused-ring (bicyclic) bond motifs is 7. The van der Waals surface area contributed by atoms with E-state index >= 15 is 4.79 Å². The number of ether oxygens (including phenoxy) is 10. The van der Waals surface area contributed by atoms with Crippen LogP contribution in [0.15, 0.2) is 11.6 Å². The Hall–Kier alpha value is -2.28. The molecular formula is C58H92O28. The van der Waals surface area contributed by atoms with Crippen LogP contribution in [0.25, 0.3) is 0 Å². The van der Waals surface area contributed by atoms with Crippen molar-refractivity contribution in [1.82, 2.24) is 0 Å². The molecule has 9 fully saturated rings. The molecule has 86 heavy (non-hydrogen) atoms. The minimum absolute atomic E-state index is 0.0322. The van der Waals surface area contributed by atoms with Crippen molar-refractivity contribution in [1.29, 1.82) is 0 Å². The van der Waals surface area contributed by atoms with E-state index in [4.69, 9.17) is 47.4 Å². The molecule has 0 aromatic heterocycles. The van der Waals surface area contributed by atoms with Crippen LogP contribution in [0.3, 0.4) is 0 Å². The van der Waals surface area contributed by atoms with E-state index in [0.717, 1.165) is 5.57 Å². The highest BCUT2D eigenvalue weighted by Crippen LogP contribution is 2.76. The lowest BCUT2D eigenvalue weighted by atomic mass is 9.33. The minimum Gasteiger partial charge on any atom is -0.479 e. The molecule has 0 bridgehead atoms. The van der Waals surface area contributed by atoms with Gasteiger partial charge in [0.2, 0.25) is 6.29 Å². The summed E-state index contributed by atoms with van der Waals surface area (Å²) >= 11 is 0. The fraction of sp³-hybridized carbons (Fsp3) is 0.931. The SMILES string of the molecule is C[C@@H]1O[C@@H](O[C@@H]2[C@@H](O)[C@H](O[C@@H]3[C@@H](O)[C@@H](O)[C@H](O[C@H]4[C@H](OC(=O)[C@]56CCC(C)(C)C[C@H]5C5=CCC7[C@@]8(C)C[C@H](O)[C@H](O[C@@H]9O[C@H](C(=O)O)[C@@H](O)[C@H](O)[C@H]9O)[C@@](C)(CO)C8C(O)C[C@@]7(C)[C@]5(C)CC6)OC[C@H](O)[C@@H]4O)O[C@H]3C)OC[C@H]2O)[C@H](O)[C@H](O)[C@H]1O. The van der Waals surface area contributed by atoms with Crippen molar-refractivity contribution in [2.45, 2.75) is 266 Å². The van der Waals surface area contributed by atoms with Gasteiger partial charge in [-0.1, -0.05) is 53.2 Å². The molecule has 16 N–H and O–H groups in total. The number of hydrogen-bond acceptors (Lipinski definition) is 27. The van der Waals surface area contributed by atoms with E-state index in [-0.39, 0.29) is 24.2 Å². The monoisotopic (exact) mass is 1240 g/mol. The highest BCUT2D eigenvalue weighted by Gasteiger charge is 2.73. The van der Waals surface area contributed by atoms with Crippen molar-refractivity contribution in [3.63, 3.8) is 0 Å². The van der Waals surface area contributed by atoms with Crippen LogP contribution in [0.2, 0.25) is 0 Å². The number of allylic oxidation sites excluding steroid dienone is 2. The fourth-order valence-electron chi connectivity index (χ4n) is 17.7. The molecule has 5 heterocycles. The van der Waals surface area contributed by atoms with Crippen LogP contribution in [0.1, 0.15) is 107 Å². The van der Waals surface area contributed by atoms with Crippen molar-refractivity contribution in [2.24, 2.45) is 50.2 Å². The molecule has 28 nitrogen and oxygen atoms in total. The molecule has 10 rings (SSSR count). The van der Waals surface area contributed by atoms with Crippen molar-refractivity contribution >= 4 is 11.9 Å². The highest BCUT2D eigenvalue weighted by molar-refractivity contribution is 5.79. The number of rotatable bonds is 12. The summed E-state index contributed by atoms with van der Waals surface area (Å²) in [6.45, 7) is 13.4. The lowest BCUT2D eigenvalue weighted by Gasteiger charge is -2.72.